The van der Waals surface area contributed by atoms with Gasteiger partial charge in [-0.1, -0.05) is 18.2 Å². The SMILES string of the molecule is COC1CCN(C(=O)Nc2ccccc2)CC1. The number of methoxy groups -OCH3 is 1. The molecule has 0 unspecified atom stereocenters. The van der Waals surface area contributed by atoms with E-state index in [1.807, 2.05) is 35.2 Å². The van der Waals surface area contributed by atoms with Crippen LogP contribution in [0.3, 0.4) is 0 Å². The van der Waals surface area contributed by atoms with Gasteiger partial charge in [0.25, 0.3) is 0 Å². The quantitative estimate of drug-likeness (QED) is 0.853. The summed E-state index contributed by atoms with van der Waals surface area (Å²) in [6, 6.07) is 9.50. The van der Waals surface area contributed by atoms with E-state index in [-0.39, 0.29) is 6.03 Å². The number of anilines is 1. The molecule has 0 radical (unpaired) electrons. The molecular weight excluding hydrogens is 216 g/mol. The largest absolute Gasteiger partial charge is 0.381 e. The number of rotatable bonds is 2. The summed E-state index contributed by atoms with van der Waals surface area (Å²) in [5.41, 5.74) is 0.839. The number of nitrogens with one attached hydrogen (secondary N) is 1. The van der Waals surface area contributed by atoms with Crippen LogP contribution in [0.15, 0.2) is 30.3 Å². The zero-order valence-corrected chi connectivity index (χ0v) is 10.1. The van der Waals surface area contributed by atoms with Crippen molar-refractivity contribution in [3.63, 3.8) is 0 Å². The zero-order chi connectivity index (χ0) is 12.1. The van der Waals surface area contributed by atoms with Gasteiger partial charge in [0.15, 0.2) is 0 Å². The minimum Gasteiger partial charge on any atom is -0.381 e. The lowest BCUT2D eigenvalue weighted by Gasteiger charge is -2.31. The Labute approximate surface area is 102 Å². The number of carbonyl (C=O) groups is 1. The molecule has 1 aromatic carbocycles. The summed E-state index contributed by atoms with van der Waals surface area (Å²) < 4.78 is 5.28. The summed E-state index contributed by atoms with van der Waals surface area (Å²) in [5, 5.41) is 2.89. The highest BCUT2D eigenvalue weighted by molar-refractivity contribution is 5.89. The first-order valence-corrected chi connectivity index (χ1v) is 5.93. The Morgan fingerprint density at radius 3 is 2.53 bits per heavy atom. The van der Waals surface area contributed by atoms with E-state index >= 15 is 0 Å². The third-order valence-corrected chi connectivity index (χ3v) is 3.09. The molecule has 0 aliphatic carbocycles. The lowest BCUT2D eigenvalue weighted by atomic mass is 10.1. The van der Waals surface area contributed by atoms with E-state index in [4.69, 9.17) is 4.74 Å². The monoisotopic (exact) mass is 234 g/mol. The normalized spacial score (nSPS) is 16.9. The maximum Gasteiger partial charge on any atom is 0.321 e. The first kappa shape index (κ1) is 11.9. The average molecular weight is 234 g/mol. The molecule has 1 heterocycles. The lowest BCUT2D eigenvalue weighted by molar-refractivity contribution is 0.0521. The van der Waals surface area contributed by atoms with Crippen molar-refractivity contribution >= 4 is 11.7 Å². The number of hydrogen-bond acceptors (Lipinski definition) is 2. The molecule has 1 saturated heterocycles. The predicted octanol–water partition coefficient (Wildman–Crippen LogP) is 2.33. The fraction of sp³-hybridized carbons (Fsp3) is 0.462. The van der Waals surface area contributed by atoms with E-state index < -0.39 is 0 Å². The summed E-state index contributed by atoms with van der Waals surface area (Å²) in [7, 11) is 1.73. The van der Waals surface area contributed by atoms with Crippen molar-refractivity contribution in [2.24, 2.45) is 0 Å². The number of para-hydroxylation sites is 1. The number of amides is 2. The van der Waals surface area contributed by atoms with E-state index in [2.05, 4.69) is 5.32 Å². The van der Waals surface area contributed by atoms with Gasteiger partial charge in [0.05, 0.1) is 6.10 Å². The molecule has 1 aliphatic heterocycles. The van der Waals surface area contributed by atoms with Crippen molar-refractivity contribution < 1.29 is 9.53 Å². The van der Waals surface area contributed by atoms with Crippen molar-refractivity contribution in [1.29, 1.82) is 0 Å². The Morgan fingerprint density at radius 2 is 1.94 bits per heavy atom. The second kappa shape index (κ2) is 5.68. The molecule has 0 atom stereocenters. The highest BCUT2D eigenvalue weighted by atomic mass is 16.5. The first-order chi connectivity index (χ1) is 8.29. The van der Waals surface area contributed by atoms with Gasteiger partial charge in [-0.25, -0.2) is 4.79 Å². The molecule has 4 heteroatoms. The Balaban J connectivity index is 1.85. The molecular formula is C13H18N2O2. The maximum absolute atomic E-state index is 11.9. The second-order valence-corrected chi connectivity index (χ2v) is 4.22. The average Bonchev–Trinajstić information content (AvgIpc) is 2.40. The number of likely N-dealkylation sites (tertiary alicyclic amines) is 1. The summed E-state index contributed by atoms with van der Waals surface area (Å²) in [6.07, 6.45) is 2.13. The Kier molecular flexibility index (Phi) is 3.98. The molecule has 0 saturated carbocycles. The van der Waals surface area contributed by atoms with Gasteiger partial charge in [-0.3, -0.25) is 0 Å². The Morgan fingerprint density at radius 1 is 1.29 bits per heavy atom. The van der Waals surface area contributed by atoms with Gasteiger partial charge in [-0.15, -0.1) is 0 Å². The standard InChI is InChI=1S/C13H18N2O2/c1-17-12-7-9-15(10-8-12)13(16)14-11-5-3-2-4-6-11/h2-6,12H,7-10H2,1H3,(H,14,16). The minimum absolute atomic E-state index is 0.0225. The Hall–Kier alpha value is -1.55. The highest BCUT2D eigenvalue weighted by Crippen LogP contribution is 2.14. The second-order valence-electron chi connectivity index (χ2n) is 4.22. The molecule has 92 valence electrons. The number of benzene rings is 1. The van der Waals surface area contributed by atoms with Crippen LogP contribution in [0.2, 0.25) is 0 Å². The summed E-state index contributed by atoms with van der Waals surface area (Å²) >= 11 is 0. The molecule has 0 spiro atoms. The van der Waals surface area contributed by atoms with Crippen LogP contribution in [0.1, 0.15) is 12.8 Å². The van der Waals surface area contributed by atoms with Crippen LogP contribution in [0.25, 0.3) is 0 Å². The van der Waals surface area contributed by atoms with Crippen LogP contribution in [-0.2, 0) is 4.74 Å². The third kappa shape index (κ3) is 3.20. The van der Waals surface area contributed by atoms with Crippen LogP contribution >= 0.6 is 0 Å². The van der Waals surface area contributed by atoms with E-state index in [0.717, 1.165) is 31.6 Å². The molecule has 1 aromatic rings. The molecule has 4 nitrogen and oxygen atoms in total. The van der Waals surface area contributed by atoms with Gasteiger partial charge < -0.3 is 15.0 Å². The summed E-state index contributed by atoms with van der Waals surface area (Å²) in [5.74, 6) is 0. The molecule has 0 aromatic heterocycles. The predicted molar refractivity (Wildman–Crippen MR) is 67.1 cm³/mol. The van der Waals surface area contributed by atoms with Crippen molar-refractivity contribution in [2.45, 2.75) is 18.9 Å². The molecule has 1 fully saturated rings. The lowest BCUT2D eigenvalue weighted by Crippen LogP contribution is -2.42. The molecule has 17 heavy (non-hydrogen) atoms. The van der Waals surface area contributed by atoms with E-state index in [0.29, 0.717) is 6.10 Å². The van der Waals surface area contributed by atoms with Crippen LogP contribution in [-0.4, -0.2) is 37.2 Å². The summed E-state index contributed by atoms with van der Waals surface area (Å²) in [4.78, 5) is 13.8. The van der Waals surface area contributed by atoms with Crippen molar-refractivity contribution in [2.75, 3.05) is 25.5 Å². The molecule has 1 N–H and O–H groups in total. The number of urea groups is 1. The van der Waals surface area contributed by atoms with Crippen LogP contribution in [0, 0.1) is 0 Å². The number of carbonyl (C=O) groups excluding carboxylic acids is 1. The number of piperidine rings is 1. The van der Waals surface area contributed by atoms with E-state index in [9.17, 15) is 4.79 Å². The molecule has 2 rings (SSSR count). The maximum atomic E-state index is 11.9. The molecule has 1 aliphatic rings. The topological polar surface area (TPSA) is 41.6 Å². The first-order valence-electron chi connectivity index (χ1n) is 5.93. The Bertz CT molecular complexity index is 359. The van der Waals surface area contributed by atoms with Gasteiger partial charge in [0.2, 0.25) is 0 Å². The van der Waals surface area contributed by atoms with Gasteiger partial charge >= 0.3 is 6.03 Å². The van der Waals surface area contributed by atoms with Crippen molar-refractivity contribution in [3.8, 4) is 0 Å². The molecule has 0 bridgehead atoms. The number of ether oxygens (including phenoxy) is 1. The number of nitrogens with zero attached hydrogens (tertiary/aromatic N) is 1. The van der Waals surface area contributed by atoms with E-state index in [1.54, 1.807) is 7.11 Å². The smallest absolute Gasteiger partial charge is 0.321 e. The zero-order valence-electron chi connectivity index (χ0n) is 10.1. The van der Waals surface area contributed by atoms with Crippen LogP contribution in [0.5, 0.6) is 0 Å². The fourth-order valence-corrected chi connectivity index (χ4v) is 2.02. The van der Waals surface area contributed by atoms with Gasteiger partial charge in [-0.2, -0.15) is 0 Å². The summed E-state index contributed by atoms with van der Waals surface area (Å²) in [6.45, 7) is 1.52. The van der Waals surface area contributed by atoms with Crippen LogP contribution in [0.4, 0.5) is 10.5 Å². The highest BCUT2D eigenvalue weighted by Gasteiger charge is 2.22. The van der Waals surface area contributed by atoms with E-state index in [1.165, 1.54) is 0 Å². The fourth-order valence-electron chi connectivity index (χ4n) is 2.02. The van der Waals surface area contributed by atoms with Crippen LogP contribution < -0.4 is 5.32 Å². The number of hydrogen-bond donors (Lipinski definition) is 1. The van der Waals surface area contributed by atoms with Crippen molar-refractivity contribution in [1.82, 2.24) is 4.90 Å². The third-order valence-electron chi connectivity index (χ3n) is 3.09. The minimum atomic E-state index is -0.0225. The van der Waals surface area contributed by atoms with Gasteiger partial charge in [0, 0.05) is 25.9 Å². The van der Waals surface area contributed by atoms with Gasteiger partial charge in [-0.05, 0) is 25.0 Å². The van der Waals surface area contributed by atoms with Gasteiger partial charge in [0.1, 0.15) is 0 Å². The molecule has 2 amide bonds. The van der Waals surface area contributed by atoms with Crippen molar-refractivity contribution in [3.05, 3.63) is 30.3 Å².